The predicted molar refractivity (Wildman–Crippen MR) is 115 cm³/mol. The lowest BCUT2D eigenvalue weighted by molar-refractivity contribution is 0.0624. The molecule has 0 aliphatic carbocycles. The Morgan fingerprint density at radius 2 is 1.83 bits per heavy atom. The van der Waals surface area contributed by atoms with Crippen LogP contribution in [0.5, 0.6) is 0 Å². The number of benzene rings is 1. The lowest BCUT2D eigenvalue weighted by atomic mass is 10.1. The van der Waals surface area contributed by atoms with E-state index in [-0.39, 0.29) is 5.91 Å². The number of aromatic nitrogens is 5. The number of carbonyl (C=O) groups excluding carboxylic acids is 1. The van der Waals surface area contributed by atoms with Gasteiger partial charge in [0.15, 0.2) is 5.82 Å². The van der Waals surface area contributed by atoms with Gasteiger partial charge in [0.2, 0.25) is 0 Å². The quantitative estimate of drug-likeness (QED) is 0.676. The summed E-state index contributed by atoms with van der Waals surface area (Å²) in [7, 11) is 0. The first-order valence-corrected chi connectivity index (χ1v) is 10.5. The van der Waals surface area contributed by atoms with Crippen LogP contribution in [0.3, 0.4) is 0 Å². The van der Waals surface area contributed by atoms with Gasteiger partial charge in [0.05, 0.1) is 24.3 Å². The molecule has 0 spiro atoms. The Morgan fingerprint density at radius 3 is 2.50 bits per heavy atom. The van der Waals surface area contributed by atoms with Crippen LogP contribution in [0.2, 0.25) is 5.02 Å². The number of hydrogen-bond acceptors (Lipinski definition) is 5. The van der Waals surface area contributed by atoms with E-state index in [0.29, 0.717) is 36.8 Å². The van der Waals surface area contributed by atoms with Crippen LogP contribution in [-0.2, 0) is 13.1 Å². The van der Waals surface area contributed by atoms with Crippen molar-refractivity contribution < 1.29 is 4.79 Å². The van der Waals surface area contributed by atoms with Gasteiger partial charge in [0.25, 0.3) is 5.91 Å². The van der Waals surface area contributed by atoms with Gasteiger partial charge in [0, 0.05) is 36.9 Å². The summed E-state index contributed by atoms with van der Waals surface area (Å²) in [5.74, 6) is 1.65. The molecule has 1 aromatic carbocycles. The molecule has 9 heteroatoms. The highest BCUT2D eigenvalue weighted by Gasteiger charge is 2.27. The van der Waals surface area contributed by atoms with Gasteiger partial charge in [0.1, 0.15) is 5.82 Å². The third-order valence-corrected chi connectivity index (χ3v) is 5.91. The SMILES string of the molecule is Cc1nc(CN2CCN(C(=O)c3c(C)nn(Cc4ccccc4Cl)c3C)CC2)n[nH]1. The second kappa shape index (κ2) is 8.57. The predicted octanol–water partition coefficient (Wildman–Crippen LogP) is 2.59. The Kier molecular flexibility index (Phi) is 5.87. The van der Waals surface area contributed by atoms with Crippen molar-refractivity contribution >= 4 is 17.5 Å². The summed E-state index contributed by atoms with van der Waals surface area (Å²) in [5.41, 5.74) is 3.30. The average Bonchev–Trinajstić information content (AvgIpc) is 3.26. The monoisotopic (exact) mass is 427 g/mol. The number of aryl methyl sites for hydroxylation is 2. The summed E-state index contributed by atoms with van der Waals surface area (Å²) in [5, 5.41) is 12.4. The zero-order valence-electron chi connectivity index (χ0n) is 17.5. The number of hydrogen-bond donors (Lipinski definition) is 1. The maximum atomic E-state index is 13.2. The van der Waals surface area contributed by atoms with E-state index in [9.17, 15) is 4.79 Å². The van der Waals surface area contributed by atoms with Gasteiger partial charge in [-0.25, -0.2) is 4.98 Å². The van der Waals surface area contributed by atoms with Crippen LogP contribution in [0.25, 0.3) is 0 Å². The average molecular weight is 428 g/mol. The van der Waals surface area contributed by atoms with Crippen LogP contribution < -0.4 is 0 Å². The fourth-order valence-electron chi connectivity index (χ4n) is 3.88. The standard InChI is InChI=1S/C21H26ClN7O/c1-14-20(15(2)29(26-14)12-17-6-4-5-7-18(17)22)21(30)28-10-8-27(9-11-28)13-19-23-16(3)24-25-19/h4-7H,8-13H2,1-3H3,(H,23,24,25). The Morgan fingerprint density at radius 1 is 1.10 bits per heavy atom. The van der Waals surface area contributed by atoms with Crippen molar-refractivity contribution in [3.05, 3.63) is 63.5 Å². The van der Waals surface area contributed by atoms with E-state index < -0.39 is 0 Å². The minimum absolute atomic E-state index is 0.0452. The molecular weight excluding hydrogens is 402 g/mol. The van der Waals surface area contributed by atoms with Crippen LogP contribution in [0.4, 0.5) is 0 Å². The lowest BCUT2D eigenvalue weighted by Crippen LogP contribution is -2.48. The minimum atomic E-state index is 0.0452. The zero-order valence-corrected chi connectivity index (χ0v) is 18.3. The summed E-state index contributed by atoms with van der Waals surface area (Å²) in [6.07, 6.45) is 0. The van der Waals surface area contributed by atoms with E-state index in [1.54, 1.807) is 0 Å². The van der Waals surface area contributed by atoms with E-state index >= 15 is 0 Å². The second-order valence-electron chi connectivity index (χ2n) is 7.70. The number of piperazine rings is 1. The van der Waals surface area contributed by atoms with Crippen LogP contribution in [0.1, 0.15) is 39.0 Å². The number of rotatable bonds is 5. The Labute approximate surface area is 180 Å². The van der Waals surface area contributed by atoms with Crippen LogP contribution in [0.15, 0.2) is 24.3 Å². The van der Waals surface area contributed by atoms with Crippen molar-refractivity contribution in [2.24, 2.45) is 0 Å². The highest BCUT2D eigenvalue weighted by Crippen LogP contribution is 2.21. The molecule has 0 atom stereocenters. The molecule has 3 aromatic rings. The van der Waals surface area contributed by atoms with Crippen molar-refractivity contribution in [1.82, 2.24) is 34.8 Å². The zero-order chi connectivity index (χ0) is 21.3. The summed E-state index contributed by atoms with van der Waals surface area (Å²) in [4.78, 5) is 21.8. The molecule has 0 unspecified atom stereocenters. The fraction of sp³-hybridized carbons (Fsp3) is 0.429. The van der Waals surface area contributed by atoms with Crippen molar-refractivity contribution in [3.63, 3.8) is 0 Å². The highest BCUT2D eigenvalue weighted by molar-refractivity contribution is 6.31. The smallest absolute Gasteiger partial charge is 0.257 e. The number of nitrogens with one attached hydrogen (secondary N) is 1. The molecule has 1 fully saturated rings. The molecule has 1 amide bonds. The number of halogens is 1. The van der Waals surface area contributed by atoms with Crippen LogP contribution in [-0.4, -0.2) is 66.8 Å². The molecule has 1 N–H and O–H groups in total. The number of carbonyl (C=O) groups is 1. The molecule has 0 saturated carbocycles. The molecule has 1 saturated heterocycles. The van der Waals surface area contributed by atoms with Gasteiger partial charge in [-0.15, -0.1) is 0 Å². The molecule has 30 heavy (non-hydrogen) atoms. The van der Waals surface area contributed by atoms with E-state index in [1.807, 2.05) is 54.6 Å². The second-order valence-corrected chi connectivity index (χ2v) is 8.11. The molecule has 0 bridgehead atoms. The van der Waals surface area contributed by atoms with E-state index in [2.05, 4.69) is 25.2 Å². The molecule has 2 aromatic heterocycles. The molecule has 4 rings (SSSR count). The Hall–Kier alpha value is -2.71. The van der Waals surface area contributed by atoms with Gasteiger partial charge in [-0.3, -0.25) is 19.5 Å². The normalized spacial score (nSPS) is 15.0. The first kappa shape index (κ1) is 20.6. The minimum Gasteiger partial charge on any atom is -0.336 e. The lowest BCUT2D eigenvalue weighted by Gasteiger charge is -2.34. The summed E-state index contributed by atoms with van der Waals surface area (Å²) < 4.78 is 1.87. The van der Waals surface area contributed by atoms with Crippen molar-refractivity contribution in [3.8, 4) is 0 Å². The highest BCUT2D eigenvalue weighted by atomic mass is 35.5. The van der Waals surface area contributed by atoms with Crippen LogP contribution >= 0.6 is 11.6 Å². The number of aromatic amines is 1. The molecule has 1 aliphatic rings. The summed E-state index contributed by atoms with van der Waals surface area (Å²) in [6.45, 7) is 9.93. The molecular formula is C21H26ClN7O. The number of nitrogens with zero attached hydrogens (tertiary/aromatic N) is 6. The molecule has 0 radical (unpaired) electrons. The summed E-state index contributed by atoms with van der Waals surface area (Å²) in [6, 6.07) is 7.71. The van der Waals surface area contributed by atoms with Gasteiger partial charge in [-0.2, -0.15) is 10.2 Å². The maximum absolute atomic E-state index is 13.2. The first-order valence-electron chi connectivity index (χ1n) is 10.1. The van der Waals surface area contributed by atoms with E-state index in [0.717, 1.165) is 41.7 Å². The molecule has 158 valence electrons. The number of H-pyrrole nitrogens is 1. The first-order chi connectivity index (χ1) is 14.4. The molecule has 3 heterocycles. The number of amides is 1. The van der Waals surface area contributed by atoms with Gasteiger partial charge < -0.3 is 4.90 Å². The van der Waals surface area contributed by atoms with Crippen molar-refractivity contribution in [2.75, 3.05) is 26.2 Å². The molecule has 8 nitrogen and oxygen atoms in total. The fourth-order valence-corrected chi connectivity index (χ4v) is 4.07. The van der Waals surface area contributed by atoms with Gasteiger partial charge in [-0.05, 0) is 32.4 Å². The van der Waals surface area contributed by atoms with Gasteiger partial charge in [-0.1, -0.05) is 29.8 Å². The molecule has 1 aliphatic heterocycles. The van der Waals surface area contributed by atoms with Crippen molar-refractivity contribution in [2.45, 2.75) is 33.9 Å². The third-order valence-electron chi connectivity index (χ3n) is 5.54. The van der Waals surface area contributed by atoms with E-state index in [4.69, 9.17) is 11.6 Å². The summed E-state index contributed by atoms with van der Waals surface area (Å²) >= 11 is 6.30. The van der Waals surface area contributed by atoms with Crippen LogP contribution in [0, 0.1) is 20.8 Å². The van der Waals surface area contributed by atoms with Crippen molar-refractivity contribution in [1.29, 1.82) is 0 Å². The third kappa shape index (κ3) is 4.24. The topological polar surface area (TPSA) is 82.9 Å². The maximum Gasteiger partial charge on any atom is 0.257 e. The van der Waals surface area contributed by atoms with Gasteiger partial charge >= 0.3 is 0 Å². The van der Waals surface area contributed by atoms with E-state index in [1.165, 1.54) is 0 Å². The Balaban J connectivity index is 1.42. The Bertz CT molecular complexity index is 1050. The largest absolute Gasteiger partial charge is 0.336 e.